The fourth-order valence-electron chi connectivity index (χ4n) is 2.20. The van der Waals surface area contributed by atoms with Crippen LogP contribution in [-0.4, -0.2) is 23.0 Å². The van der Waals surface area contributed by atoms with E-state index >= 15 is 0 Å². The van der Waals surface area contributed by atoms with Crippen LogP contribution in [0.2, 0.25) is 10.0 Å². The quantitative estimate of drug-likeness (QED) is 0.663. The molecule has 138 valence electrons. The number of aromatic nitrogens is 1. The van der Waals surface area contributed by atoms with E-state index in [0.717, 1.165) is 6.07 Å². The minimum atomic E-state index is -1.19. The Morgan fingerprint density at radius 2 is 1.96 bits per heavy atom. The van der Waals surface area contributed by atoms with E-state index in [0.29, 0.717) is 10.4 Å². The summed E-state index contributed by atoms with van der Waals surface area (Å²) in [5.74, 6) is -1.84. The highest BCUT2D eigenvalue weighted by Crippen LogP contribution is 2.22. The van der Waals surface area contributed by atoms with Crippen molar-refractivity contribution in [2.24, 2.45) is 0 Å². The molecule has 0 bridgehead atoms. The lowest BCUT2D eigenvalue weighted by atomic mass is 10.2. The third kappa shape index (κ3) is 4.27. The summed E-state index contributed by atoms with van der Waals surface area (Å²) in [7, 11) is 0. The molecule has 0 aliphatic heterocycles. The Bertz CT molecular complexity index is 1100. The van der Waals surface area contributed by atoms with Gasteiger partial charge in [0.2, 0.25) is 5.76 Å². The maximum atomic E-state index is 12.2. The molecule has 2 aromatic heterocycles. The first-order valence-corrected chi connectivity index (χ1v) is 8.46. The van der Waals surface area contributed by atoms with Gasteiger partial charge in [-0.3, -0.25) is 9.59 Å². The van der Waals surface area contributed by atoms with Crippen molar-refractivity contribution < 1.29 is 18.7 Å². The maximum Gasteiger partial charge on any atom is 0.375 e. The van der Waals surface area contributed by atoms with Crippen LogP contribution in [-0.2, 0) is 9.53 Å². The number of ether oxygens (including phenoxy) is 1. The number of esters is 1. The van der Waals surface area contributed by atoms with Gasteiger partial charge in [-0.15, -0.1) is 0 Å². The molecule has 1 amide bonds. The zero-order valence-corrected chi connectivity index (χ0v) is 15.4. The van der Waals surface area contributed by atoms with Crippen LogP contribution in [0.3, 0.4) is 0 Å². The second-order valence-electron chi connectivity index (χ2n) is 5.49. The molecule has 9 heteroatoms. The van der Waals surface area contributed by atoms with E-state index in [9.17, 15) is 14.4 Å². The Morgan fingerprint density at radius 3 is 2.70 bits per heavy atom. The van der Waals surface area contributed by atoms with Crippen LogP contribution in [0.15, 0.2) is 51.8 Å². The number of hydrogen-bond donors (Lipinski definition) is 1. The Balaban J connectivity index is 1.73. The highest BCUT2D eigenvalue weighted by Gasteiger charge is 2.22. The van der Waals surface area contributed by atoms with Crippen molar-refractivity contribution in [2.75, 3.05) is 5.32 Å². The number of rotatable bonds is 4. The summed E-state index contributed by atoms with van der Waals surface area (Å²) in [6.45, 7) is 1.36. The van der Waals surface area contributed by atoms with Crippen LogP contribution >= 0.6 is 23.2 Å². The standard InChI is InChI=1S/C18H12Cl2N2O5/c1-9(17(24)22-16-12(20)6-10(19)8-21-16)26-18(25)15-7-13(23)11-4-2-3-5-14(11)27-15/h2-9H,1H3,(H,21,22,24)/t9-/m0/s1. The molecule has 27 heavy (non-hydrogen) atoms. The topological polar surface area (TPSA) is 98.5 Å². The number of nitrogens with one attached hydrogen (secondary N) is 1. The first-order valence-electron chi connectivity index (χ1n) is 7.71. The lowest BCUT2D eigenvalue weighted by Gasteiger charge is -2.13. The van der Waals surface area contributed by atoms with Gasteiger partial charge in [0.15, 0.2) is 17.4 Å². The van der Waals surface area contributed by atoms with Gasteiger partial charge in [0.1, 0.15) is 5.58 Å². The van der Waals surface area contributed by atoms with Crippen LogP contribution in [0.25, 0.3) is 11.0 Å². The minimum absolute atomic E-state index is 0.0752. The fourth-order valence-corrected chi connectivity index (χ4v) is 2.63. The molecule has 0 fully saturated rings. The first-order chi connectivity index (χ1) is 12.8. The number of hydrogen-bond acceptors (Lipinski definition) is 6. The lowest BCUT2D eigenvalue weighted by molar-refractivity contribution is -0.123. The SMILES string of the molecule is C[C@H](OC(=O)c1cc(=O)c2ccccc2o1)C(=O)Nc1ncc(Cl)cc1Cl. The van der Waals surface area contributed by atoms with Gasteiger partial charge >= 0.3 is 5.97 Å². The number of pyridine rings is 1. The third-order valence-corrected chi connectivity index (χ3v) is 4.03. The van der Waals surface area contributed by atoms with Crippen molar-refractivity contribution in [3.05, 3.63) is 68.6 Å². The predicted molar refractivity (Wildman–Crippen MR) is 100 cm³/mol. The van der Waals surface area contributed by atoms with Gasteiger partial charge in [-0.25, -0.2) is 9.78 Å². The van der Waals surface area contributed by atoms with Crippen LogP contribution < -0.4 is 10.7 Å². The van der Waals surface area contributed by atoms with Gasteiger partial charge in [-0.2, -0.15) is 0 Å². The molecule has 7 nitrogen and oxygen atoms in total. The van der Waals surface area contributed by atoms with E-state index in [1.807, 2.05) is 0 Å². The molecular formula is C18H12Cl2N2O5. The number of para-hydroxylation sites is 1. The zero-order chi connectivity index (χ0) is 19.6. The van der Waals surface area contributed by atoms with Gasteiger partial charge in [0.25, 0.3) is 5.91 Å². The Hall–Kier alpha value is -2.90. The molecule has 1 N–H and O–H groups in total. The van der Waals surface area contributed by atoms with Crippen molar-refractivity contribution in [3.8, 4) is 0 Å². The van der Waals surface area contributed by atoms with Crippen LogP contribution in [0.1, 0.15) is 17.5 Å². The largest absolute Gasteiger partial charge is 0.449 e. The molecule has 0 aliphatic carbocycles. The highest BCUT2D eigenvalue weighted by molar-refractivity contribution is 6.36. The van der Waals surface area contributed by atoms with Crippen LogP contribution in [0, 0.1) is 0 Å². The van der Waals surface area contributed by atoms with E-state index in [1.54, 1.807) is 24.3 Å². The molecule has 0 aliphatic rings. The monoisotopic (exact) mass is 406 g/mol. The summed E-state index contributed by atoms with van der Waals surface area (Å²) in [5.41, 5.74) is -0.149. The number of benzene rings is 1. The van der Waals surface area contributed by atoms with Crippen molar-refractivity contribution in [1.29, 1.82) is 0 Å². The summed E-state index contributed by atoms with van der Waals surface area (Å²) in [6, 6.07) is 8.91. The smallest absolute Gasteiger partial charge is 0.375 e. The second kappa shape index (κ2) is 7.77. The number of carbonyl (C=O) groups excluding carboxylic acids is 2. The van der Waals surface area contributed by atoms with E-state index in [-0.39, 0.29) is 22.2 Å². The molecule has 0 saturated carbocycles. The van der Waals surface area contributed by atoms with Crippen molar-refractivity contribution in [2.45, 2.75) is 13.0 Å². The van der Waals surface area contributed by atoms with Crippen LogP contribution in [0.5, 0.6) is 0 Å². The van der Waals surface area contributed by atoms with E-state index in [2.05, 4.69) is 10.3 Å². The molecule has 0 radical (unpaired) electrons. The van der Waals surface area contributed by atoms with Gasteiger partial charge < -0.3 is 14.5 Å². The van der Waals surface area contributed by atoms with Gasteiger partial charge in [-0.05, 0) is 25.1 Å². The Morgan fingerprint density at radius 1 is 1.22 bits per heavy atom. The van der Waals surface area contributed by atoms with Crippen molar-refractivity contribution >= 4 is 51.9 Å². The highest BCUT2D eigenvalue weighted by atomic mass is 35.5. The van der Waals surface area contributed by atoms with E-state index in [4.69, 9.17) is 32.4 Å². The molecule has 2 heterocycles. The zero-order valence-electron chi connectivity index (χ0n) is 13.9. The molecule has 1 aromatic carbocycles. The summed E-state index contributed by atoms with van der Waals surface area (Å²) in [6.07, 6.45) is 0.117. The fraction of sp³-hybridized carbons (Fsp3) is 0.111. The molecule has 3 rings (SSSR count). The Labute approximate surface area is 162 Å². The van der Waals surface area contributed by atoms with Gasteiger partial charge in [-0.1, -0.05) is 35.3 Å². The molecule has 3 aromatic rings. The van der Waals surface area contributed by atoms with Crippen molar-refractivity contribution in [3.63, 3.8) is 0 Å². The first kappa shape index (κ1) is 18.9. The lowest BCUT2D eigenvalue weighted by Crippen LogP contribution is -2.30. The average Bonchev–Trinajstić information content (AvgIpc) is 2.63. The number of fused-ring (bicyclic) bond motifs is 1. The predicted octanol–water partition coefficient (Wildman–Crippen LogP) is 3.68. The maximum absolute atomic E-state index is 12.2. The molecule has 1 atom stereocenters. The Kier molecular flexibility index (Phi) is 5.43. The van der Waals surface area contributed by atoms with E-state index in [1.165, 1.54) is 19.2 Å². The molecule has 0 saturated heterocycles. The summed E-state index contributed by atoms with van der Waals surface area (Å²) < 4.78 is 10.4. The average molecular weight is 407 g/mol. The molecule has 0 spiro atoms. The summed E-state index contributed by atoms with van der Waals surface area (Å²) in [4.78, 5) is 40.3. The number of amides is 1. The van der Waals surface area contributed by atoms with Gasteiger partial charge in [0, 0.05) is 12.3 Å². The van der Waals surface area contributed by atoms with Crippen LogP contribution in [0.4, 0.5) is 5.82 Å². The van der Waals surface area contributed by atoms with Gasteiger partial charge in [0.05, 0.1) is 15.4 Å². The van der Waals surface area contributed by atoms with Crippen molar-refractivity contribution in [1.82, 2.24) is 4.98 Å². The number of halogens is 2. The minimum Gasteiger partial charge on any atom is -0.449 e. The summed E-state index contributed by atoms with van der Waals surface area (Å²) >= 11 is 11.7. The number of nitrogens with zero attached hydrogens (tertiary/aromatic N) is 1. The van der Waals surface area contributed by atoms with E-state index < -0.39 is 23.4 Å². The number of anilines is 1. The molecule has 0 unspecified atom stereocenters. The number of carbonyl (C=O) groups is 2. The normalized spacial score (nSPS) is 11.8. The second-order valence-corrected chi connectivity index (χ2v) is 6.34. The third-order valence-electron chi connectivity index (χ3n) is 3.54. The molecular weight excluding hydrogens is 395 g/mol. The summed E-state index contributed by atoms with van der Waals surface area (Å²) in [5, 5.41) is 3.20.